The number of carbonyl (C=O) groups is 2. The molecule has 1 unspecified atom stereocenters. The van der Waals surface area contributed by atoms with Crippen LogP contribution in [0.2, 0.25) is 0 Å². The Balaban J connectivity index is 2.35. The Kier molecular flexibility index (Phi) is 4.40. The van der Waals surface area contributed by atoms with Gasteiger partial charge in [0.25, 0.3) is 5.91 Å². The fourth-order valence-corrected chi connectivity index (χ4v) is 3.37. The second-order valence-corrected chi connectivity index (χ2v) is 6.10. The van der Waals surface area contributed by atoms with Crippen molar-refractivity contribution in [2.24, 2.45) is 0 Å². The largest absolute Gasteiger partial charge is 0.480 e. The molecule has 5 heteroatoms. The minimum Gasteiger partial charge on any atom is -0.480 e. The number of aryl methyl sites for hydroxylation is 1. The van der Waals surface area contributed by atoms with Crippen molar-refractivity contribution in [1.82, 2.24) is 9.47 Å². The summed E-state index contributed by atoms with van der Waals surface area (Å²) < 4.78 is 2.12. The smallest absolute Gasteiger partial charge is 0.326 e. The highest BCUT2D eigenvalue weighted by Crippen LogP contribution is 2.25. The van der Waals surface area contributed by atoms with Gasteiger partial charge in [-0.1, -0.05) is 0 Å². The number of hydrogen-bond donors (Lipinski definition) is 1. The number of amides is 1. The fourth-order valence-electron chi connectivity index (χ4n) is 3.37. The predicted octanol–water partition coefficient (Wildman–Crippen LogP) is 2.77. The highest BCUT2D eigenvalue weighted by molar-refractivity contribution is 5.98. The van der Waals surface area contributed by atoms with Gasteiger partial charge >= 0.3 is 5.97 Å². The lowest BCUT2D eigenvalue weighted by molar-refractivity contribution is -0.143. The van der Waals surface area contributed by atoms with Gasteiger partial charge in [-0.05, 0) is 53.0 Å². The highest BCUT2D eigenvalue weighted by Gasteiger charge is 2.33. The van der Waals surface area contributed by atoms with Crippen LogP contribution in [0.25, 0.3) is 0 Å². The molecule has 0 radical (unpaired) electrons. The van der Waals surface area contributed by atoms with Gasteiger partial charge in [0.1, 0.15) is 6.04 Å². The average Bonchev–Trinajstić information content (AvgIpc) is 2.73. The molecule has 2 rings (SSSR count). The molecular formula is C16H24N2O3. The van der Waals surface area contributed by atoms with Crippen molar-refractivity contribution in [3.63, 3.8) is 0 Å². The molecule has 1 amide bonds. The number of carbonyl (C=O) groups excluding carboxylic acids is 1. The summed E-state index contributed by atoms with van der Waals surface area (Å²) in [4.78, 5) is 25.7. The maximum absolute atomic E-state index is 12.8. The predicted molar refractivity (Wildman–Crippen MR) is 80.6 cm³/mol. The van der Waals surface area contributed by atoms with Crippen LogP contribution < -0.4 is 0 Å². The molecule has 0 saturated carbocycles. The van der Waals surface area contributed by atoms with Crippen LogP contribution in [0, 0.1) is 13.8 Å². The van der Waals surface area contributed by atoms with E-state index < -0.39 is 12.0 Å². The van der Waals surface area contributed by atoms with Crippen molar-refractivity contribution in [3.8, 4) is 0 Å². The van der Waals surface area contributed by atoms with E-state index in [1.807, 2.05) is 19.9 Å². The first-order chi connectivity index (χ1) is 9.84. The van der Waals surface area contributed by atoms with Crippen molar-refractivity contribution >= 4 is 11.9 Å². The molecular weight excluding hydrogens is 268 g/mol. The monoisotopic (exact) mass is 292 g/mol. The van der Waals surface area contributed by atoms with Gasteiger partial charge in [0.15, 0.2) is 0 Å². The van der Waals surface area contributed by atoms with E-state index in [2.05, 4.69) is 18.4 Å². The minimum absolute atomic E-state index is 0.151. The molecule has 0 spiro atoms. The molecule has 1 fully saturated rings. The van der Waals surface area contributed by atoms with Crippen molar-refractivity contribution in [1.29, 1.82) is 0 Å². The van der Waals surface area contributed by atoms with Crippen LogP contribution in [-0.2, 0) is 4.79 Å². The average molecular weight is 292 g/mol. The number of carboxylic acid groups (broad SMARTS) is 1. The molecule has 1 atom stereocenters. The number of aromatic nitrogens is 1. The first-order valence-corrected chi connectivity index (χ1v) is 7.56. The molecule has 0 bridgehead atoms. The van der Waals surface area contributed by atoms with Crippen LogP contribution in [-0.4, -0.2) is 39.0 Å². The molecule has 1 aliphatic heterocycles. The number of hydrogen-bond acceptors (Lipinski definition) is 2. The molecule has 0 aliphatic carbocycles. The Hall–Kier alpha value is -1.78. The summed E-state index contributed by atoms with van der Waals surface area (Å²) in [6, 6.07) is 1.47. The van der Waals surface area contributed by atoms with Crippen LogP contribution in [0.4, 0.5) is 0 Å². The summed E-state index contributed by atoms with van der Waals surface area (Å²) in [5.74, 6) is -1.05. The lowest BCUT2D eigenvalue weighted by Gasteiger charge is -2.33. The number of aliphatic carboxylic acids is 1. The summed E-state index contributed by atoms with van der Waals surface area (Å²) in [7, 11) is 0. The van der Waals surface area contributed by atoms with Crippen LogP contribution in [0.15, 0.2) is 6.07 Å². The number of rotatable bonds is 3. The minimum atomic E-state index is -0.902. The molecule has 1 aliphatic rings. The Morgan fingerprint density at radius 3 is 2.48 bits per heavy atom. The molecule has 0 aromatic carbocycles. The zero-order valence-corrected chi connectivity index (χ0v) is 13.2. The van der Waals surface area contributed by atoms with Crippen molar-refractivity contribution in [2.75, 3.05) is 6.54 Å². The van der Waals surface area contributed by atoms with E-state index in [1.165, 1.54) is 4.90 Å². The van der Waals surface area contributed by atoms with E-state index in [9.17, 15) is 14.7 Å². The molecule has 2 heterocycles. The van der Waals surface area contributed by atoms with Crippen LogP contribution in [0.1, 0.15) is 60.9 Å². The zero-order chi connectivity index (χ0) is 15.7. The molecule has 116 valence electrons. The van der Waals surface area contributed by atoms with E-state index >= 15 is 0 Å². The van der Waals surface area contributed by atoms with Gasteiger partial charge in [-0.15, -0.1) is 0 Å². The lowest BCUT2D eigenvalue weighted by Crippen LogP contribution is -2.48. The van der Waals surface area contributed by atoms with Gasteiger partial charge in [0.05, 0.1) is 5.56 Å². The molecule has 1 N–H and O–H groups in total. The number of carboxylic acids is 1. The Morgan fingerprint density at radius 1 is 1.29 bits per heavy atom. The highest BCUT2D eigenvalue weighted by atomic mass is 16.4. The van der Waals surface area contributed by atoms with Gasteiger partial charge in [-0.3, -0.25) is 4.79 Å². The topological polar surface area (TPSA) is 62.5 Å². The van der Waals surface area contributed by atoms with Crippen LogP contribution >= 0.6 is 0 Å². The van der Waals surface area contributed by atoms with E-state index in [1.54, 1.807) is 0 Å². The lowest BCUT2D eigenvalue weighted by atomic mass is 10.0. The van der Waals surface area contributed by atoms with E-state index in [4.69, 9.17) is 0 Å². The molecule has 5 nitrogen and oxygen atoms in total. The summed E-state index contributed by atoms with van der Waals surface area (Å²) in [6.45, 7) is 8.60. The second kappa shape index (κ2) is 5.92. The molecule has 1 aromatic rings. The first-order valence-electron chi connectivity index (χ1n) is 7.56. The Bertz CT molecular complexity index is 560. The third kappa shape index (κ3) is 2.82. The summed E-state index contributed by atoms with van der Waals surface area (Å²) in [6.07, 6.45) is 2.29. The van der Waals surface area contributed by atoms with Gasteiger partial charge in [0, 0.05) is 24.0 Å². The Morgan fingerprint density at radius 2 is 1.95 bits per heavy atom. The third-order valence-electron chi connectivity index (χ3n) is 4.28. The van der Waals surface area contributed by atoms with Gasteiger partial charge in [-0.2, -0.15) is 0 Å². The van der Waals surface area contributed by atoms with E-state index in [0.29, 0.717) is 18.5 Å². The first kappa shape index (κ1) is 15.6. The summed E-state index contributed by atoms with van der Waals surface area (Å²) in [5.41, 5.74) is 2.59. The van der Waals surface area contributed by atoms with Crippen LogP contribution in [0.5, 0.6) is 0 Å². The molecule has 21 heavy (non-hydrogen) atoms. The van der Waals surface area contributed by atoms with Crippen molar-refractivity contribution < 1.29 is 14.7 Å². The zero-order valence-electron chi connectivity index (χ0n) is 13.2. The number of piperidine rings is 1. The quantitative estimate of drug-likeness (QED) is 0.931. The van der Waals surface area contributed by atoms with E-state index in [-0.39, 0.29) is 11.9 Å². The second-order valence-electron chi connectivity index (χ2n) is 6.10. The number of nitrogens with zero attached hydrogens (tertiary/aromatic N) is 2. The maximum Gasteiger partial charge on any atom is 0.326 e. The SMILES string of the molecule is Cc1cc(C(=O)N2CCCCC2C(=O)O)c(C)n1C(C)C. The van der Waals surface area contributed by atoms with Gasteiger partial charge in [0.2, 0.25) is 0 Å². The summed E-state index contributed by atoms with van der Waals surface area (Å²) in [5, 5.41) is 9.32. The number of likely N-dealkylation sites (tertiary alicyclic amines) is 1. The van der Waals surface area contributed by atoms with Crippen molar-refractivity contribution in [3.05, 3.63) is 23.0 Å². The van der Waals surface area contributed by atoms with Gasteiger partial charge in [-0.25, -0.2) is 4.79 Å². The van der Waals surface area contributed by atoms with E-state index in [0.717, 1.165) is 24.2 Å². The van der Waals surface area contributed by atoms with Gasteiger partial charge < -0.3 is 14.6 Å². The maximum atomic E-state index is 12.8. The standard InChI is InChI=1S/C16H24N2O3/c1-10(2)18-11(3)9-13(12(18)4)15(19)17-8-6-5-7-14(17)16(20)21/h9-10,14H,5-8H2,1-4H3,(H,20,21). The Labute approximate surface area is 125 Å². The van der Waals surface area contributed by atoms with Crippen LogP contribution in [0.3, 0.4) is 0 Å². The summed E-state index contributed by atoms with van der Waals surface area (Å²) >= 11 is 0. The molecule has 1 saturated heterocycles. The third-order valence-corrected chi connectivity index (χ3v) is 4.28. The molecule has 1 aromatic heterocycles. The van der Waals surface area contributed by atoms with Crippen molar-refractivity contribution in [2.45, 2.75) is 59.0 Å². The fraction of sp³-hybridized carbons (Fsp3) is 0.625. The normalized spacial score (nSPS) is 19.1.